The van der Waals surface area contributed by atoms with Gasteiger partial charge in [0.2, 0.25) is 0 Å². The summed E-state index contributed by atoms with van der Waals surface area (Å²) in [7, 11) is 1.73. The summed E-state index contributed by atoms with van der Waals surface area (Å²) >= 11 is 0. The Morgan fingerprint density at radius 1 is 1.09 bits per heavy atom. The molecule has 0 spiro atoms. The van der Waals surface area contributed by atoms with E-state index in [1.807, 2.05) is 12.4 Å². The highest BCUT2D eigenvalue weighted by Crippen LogP contribution is 2.31. The third kappa shape index (κ3) is 5.88. The van der Waals surface area contributed by atoms with E-state index < -0.39 is 0 Å². The van der Waals surface area contributed by atoms with Gasteiger partial charge in [0.05, 0.1) is 40.9 Å². The summed E-state index contributed by atoms with van der Waals surface area (Å²) in [6, 6.07) is 14.8. The van der Waals surface area contributed by atoms with Crippen molar-refractivity contribution in [3.05, 3.63) is 77.8 Å². The van der Waals surface area contributed by atoms with Crippen molar-refractivity contribution in [3.8, 4) is 0 Å². The lowest BCUT2D eigenvalue weighted by Gasteiger charge is -2.27. The van der Waals surface area contributed by atoms with Crippen LogP contribution in [-0.4, -0.2) is 61.2 Å². The molecule has 0 bridgehead atoms. The Morgan fingerprint density at radius 2 is 2.00 bits per heavy atom. The average Bonchev–Trinajstić information content (AvgIpc) is 3.16. The van der Waals surface area contributed by atoms with E-state index >= 15 is 0 Å². The zero-order chi connectivity index (χ0) is 23.9. The van der Waals surface area contributed by atoms with Gasteiger partial charge in [-0.2, -0.15) is 0 Å². The quantitative estimate of drug-likeness (QED) is 0.462. The van der Waals surface area contributed by atoms with E-state index in [-0.39, 0.29) is 0 Å². The number of nitrogens with zero attached hydrogens (tertiary/aromatic N) is 3. The van der Waals surface area contributed by atoms with Crippen molar-refractivity contribution in [1.29, 1.82) is 0 Å². The maximum atomic E-state index is 5.35. The summed E-state index contributed by atoms with van der Waals surface area (Å²) in [5.41, 5.74) is 8.42. The van der Waals surface area contributed by atoms with Gasteiger partial charge >= 0.3 is 0 Å². The molecule has 2 aromatic heterocycles. The van der Waals surface area contributed by atoms with Gasteiger partial charge in [-0.3, -0.25) is 9.88 Å². The van der Waals surface area contributed by atoms with Crippen LogP contribution in [0.1, 0.15) is 29.7 Å². The van der Waals surface area contributed by atoms with Gasteiger partial charge in [-0.05, 0) is 54.4 Å². The largest absolute Gasteiger partial charge is 0.382 e. The van der Waals surface area contributed by atoms with Crippen LogP contribution >= 0.6 is 0 Å². The molecule has 182 valence electrons. The predicted octanol–water partition coefficient (Wildman–Crippen LogP) is 3.86. The third-order valence-electron chi connectivity index (χ3n) is 6.55. The van der Waals surface area contributed by atoms with Crippen LogP contribution in [0.25, 0.3) is 22.3 Å². The first kappa shape index (κ1) is 23.5. The maximum Gasteiger partial charge on any atom is 0.0914 e. The number of allylic oxidation sites excluding steroid dienone is 2. The average molecular weight is 471 g/mol. The number of ether oxygens (including phenoxy) is 1. The van der Waals surface area contributed by atoms with E-state index in [0.717, 1.165) is 91.3 Å². The van der Waals surface area contributed by atoms with E-state index in [1.54, 1.807) is 7.11 Å². The van der Waals surface area contributed by atoms with Crippen molar-refractivity contribution in [1.82, 2.24) is 25.5 Å². The van der Waals surface area contributed by atoms with Crippen molar-refractivity contribution < 1.29 is 4.74 Å². The molecular formula is C28H34N6O. The standard InChI is InChI=1S/C28H34N6O/c1-35-20-21-5-4-6-22(17-21)28-24(7-2-3-10-31-28)25-8-9-26-27(33-25)18-23(19-32-26)30-13-16-34-14-11-29-12-15-34/h3-6,8-10,17-19,29-31H,2,7,11-16,20H2,1H3. The van der Waals surface area contributed by atoms with Gasteiger partial charge in [-0.1, -0.05) is 24.3 Å². The van der Waals surface area contributed by atoms with E-state index in [9.17, 15) is 0 Å². The van der Waals surface area contributed by atoms with Crippen LogP contribution < -0.4 is 16.0 Å². The molecule has 0 unspecified atom stereocenters. The second kappa shape index (κ2) is 11.4. The predicted molar refractivity (Wildman–Crippen MR) is 143 cm³/mol. The Kier molecular flexibility index (Phi) is 7.68. The molecule has 5 rings (SSSR count). The number of benzene rings is 1. The summed E-state index contributed by atoms with van der Waals surface area (Å²) in [4.78, 5) is 12.2. The minimum Gasteiger partial charge on any atom is -0.382 e. The number of hydrogen-bond acceptors (Lipinski definition) is 7. The molecule has 0 amide bonds. The Labute approximate surface area is 207 Å². The Hall–Kier alpha value is -3.26. The molecule has 0 saturated carbocycles. The number of anilines is 1. The number of pyridine rings is 2. The molecule has 2 aliphatic heterocycles. The molecule has 0 radical (unpaired) electrons. The first-order chi connectivity index (χ1) is 17.3. The molecule has 7 heteroatoms. The van der Waals surface area contributed by atoms with Crippen LogP contribution in [0, 0.1) is 0 Å². The third-order valence-corrected chi connectivity index (χ3v) is 6.55. The molecule has 3 aromatic rings. The van der Waals surface area contributed by atoms with Crippen LogP contribution in [0.3, 0.4) is 0 Å². The number of nitrogens with one attached hydrogen (secondary N) is 3. The van der Waals surface area contributed by atoms with Gasteiger partial charge < -0.3 is 20.7 Å². The second-order valence-corrected chi connectivity index (χ2v) is 9.05. The van der Waals surface area contributed by atoms with Crippen molar-refractivity contribution in [2.75, 3.05) is 51.7 Å². The van der Waals surface area contributed by atoms with Gasteiger partial charge in [-0.15, -0.1) is 0 Å². The summed E-state index contributed by atoms with van der Waals surface area (Å²) in [5, 5.41) is 10.5. The van der Waals surface area contributed by atoms with Crippen molar-refractivity contribution in [2.24, 2.45) is 0 Å². The lowest BCUT2D eigenvalue weighted by Crippen LogP contribution is -2.45. The molecule has 0 atom stereocenters. The Morgan fingerprint density at radius 3 is 2.89 bits per heavy atom. The first-order valence-electron chi connectivity index (χ1n) is 12.5. The zero-order valence-corrected chi connectivity index (χ0v) is 20.4. The summed E-state index contributed by atoms with van der Waals surface area (Å²) < 4.78 is 5.35. The SMILES string of the molecule is COCc1cccc(C2=C(c3ccc4ncc(NCCN5CCNCC5)cc4n3)CCC=CN2)c1. The lowest BCUT2D eigenvalue weighted by atomic mass is 9.98. The summed E-state index contributed by atoms with van der Waals surface area (Å²) in [6.45, 7) is 6.89. The number of rotatable bonds is 8. The number of piperazine rings is 1. The maximum absolute atomic E-state index is 5.35. The molecule has 0 aliphatic carbocycles. The highest BCUT2D eigenvalue weighted by molar-refractivity contribution is 5.91. The highest BCUT2D eigenvalue weighted by atomic mass is 16.5. The molecule has 4 heterocycles. The van der Waals surface area contributed by atoms with E-state index in [1.165, 1.54) is 5.57 Å². The van der Waals surface area contributed by atoms with Crippen molar-refractivity contribution >= 4 is 28.0 Å². The fourth-order valence-electron chi connectivity index (χ4n) is 4.73. The molecule has 1 aromatic carbocycles. The van der Waals surface area contributed by atoms with Gasteiger partial charge in [0.1, 0.15) is 0 Å². The molecule has 3 N–H and O–H groups in total. The molecule has 7 nitrogen and oxygen atoms in total. The fraction of sp³-hybridized carbons (Fsp3) is 0.357. The zero-order valence-electron chi connectivity index (χ0n) is 20.4. The number of hydrogen-bond donors (Lipinski definition) is 3. The smallest absolute Gasteiger partial charge is 0.0914 e. The highest BCUT2D eigenvalue weighted by Gasteiger charge is 2.15. The van der Waals surface area contributed by atoms with Crippen LogP contribution in [0.2, 0.25) is 0 Å². The van der Waals surface area contributed by atoms with E-state index in [2.05, 4.69) is 74.4 Å². The molecule has 1 saturated heterocycles. The summed E-state index contributed by atoms with van der Waals surface area (Å²) in [6.07, 6.45) is 8.01. The van der Waals surface area contributed by atoms with Crippen LogP contribution in [-0.2, 0) is 11.3 Å². The van der Waals surface area contributed by atoms with E-state index in [4.69, 9.17) is 9.72 Å². The van der Waals surface area contributed by atoms with Crippen molar-refractivity contribution in [2.45, 2.75) is 19.4 Å². The van der Waals surface area contributed by atoms with E-state index in [0.29, 0.717) is 6.61 Å². The topological polar surface area (TPSA) is 74.3 Å². The Bertz CT molecular complexity index is 1220. The normalized spacial score (nSPS) is 16.8. The van der Waals surface area contributed by atoms with Crippen LogP contribution in [0.15, 0.2) is 60.9 Å². The summed E-state index contributed by atoms with van der Waals surface area (Å²) in [5.74, 6) is 0. The fourth-order valence-corrected chi connectivity index (χ4v) is 4.73. The monoisotopic (exact) mass is 470 g/mol. The molecular weight excluding hydrogens is 436 g/mol. The molecule has 1 fully saturated rings. The molecule has 2 aliphatic rings. The van der Waals surface area contributed by atoms with Gasteiger partial charge in [0.25, 0.3) is 0 Å². The van der Waals surface area contributed by atoms with Crippen LogP contribution in [0.5, 0.6) is 0 Å². The van der Waals surface area contributed by atoms with Gasteiger partial charge in [0, 0.05) is 52.0 Å². The minimum atomic E-state index is 0.594. The number of methoxy groups -OCH3 is 1. The van der Waals surface area contributed by atoms with Crippen molar-refractivity contribution in [3.63, 3.8) is 0 Å². The van der Waals surface area contributed by atoms with Gasteiger partial charge in [0.15, 0.2) is 0 Å². The number of fused-ring (bicyclic) bond motifs is 1. The Balaban J connectivity index is 1.41. The second-order valence-electron chi connectivity index (χ2n) is 9.05. The minimum absolute atomic E-state index is 0.594. The van der Waals surface area contributed by atoms with Crippen LogP contribution in [0.4, 0.5) is 5.69 Å². The first-order valence-corrected chi connectivity index (χ1v) is 12.5. The van der Waals surface area contributed by atoms with Gasteiger partial charge in [-0.25, -0.2) is 4.98 Å². The number of aromatic nitrogens is 2. The lowest BCUT2D eigenvalue weighted by molar-refractivity contribution is 0.185. The molecule has 35 heavy (non-hydrogen) atoms.